The third-order valence-corrected chi connectivity index (χ3v) is 3.63. The van der Waals surface area contributed by atoms with E-state index in [1.807, 2.05) is 6.07 Å². The molecule has 0 radical (unpaired) electrons. The number of halogens is 1. The summed E-state index contributed by atoms with van der Waals surface area (Å²) < 4.78 is 12.8. The molecular weight excluding hydrogens is 313 g/mol. The highest BCUT2D eigenvalue weighted by molar-refractivity contribution is 5.73. The Morgan fingerprint density at radius 1 is 1.25 bits per heavy atom. The number of pyridine rings is 1. The number of aromatic amines is 1. The monoisotopic (exact) mass is 333 g/mol. The number of rotatable bonds is 5. The van der Waals surface area contributed by atoms with Crippen LogP contribution in [0.5, 0.6) is 0 Å². The van der Waals surface area contributed by atoms with E-state index in [-0.39, 0.29) is 18.6 Å². The molecule has 1 atom stereocenters. The van der Waals surface area contributed by atoms with Gasteiger partial charge in [0.25, 0.3) is 5.56 Å². The number of nitrogens with one attached hydrogen (secondary N) is 3. The van der Waals surface area contributed by atoms with Gasteiger partial charge in [-0.3, -0.25) is 4.79 Å². The van der Waals surface area contributed by atoms with Gasteiger partial charge in [0.15, 0.2) is 0 Å². The smallest absolute Gasteiger partial charge is 0.315 e. The van der Waals surface area contributed by atoms with E-state index in [1.165, 1.54) is 24.3 Å². The number of aromatic nitrogens is 1. The molecule has 2 rings (SSSR count). The van der Waals surface area contributed by atoms with Gasteiger partial charge >= 0.3 is 6.03 Å². The Kier molecular flexibility index (Phi) is 5.70. The Hall–Kier alpha value is -2.67. The number of benzene rings is 1. The Labute approximate surface area is 138 Å². The van der Waals surface area contributed by atoms with Crippen molar-refractivity contribution in [1.82, 2.24) is 15.6 Å². The zero-order valence-corrected chi connectivity index (χ0v) is 13.5. The summed E-state index contributed by atoms with van der Waals surface area (Å²) in [6.07, 6.45) is -0.944. The number of H-pyrrole nitrogens is 1. The predicted molar refractivity (Wildman–Crippen MR) is 88.1 cm³/mol. The molecule has 128 valence electrons. The number of hydrogen-bond acceptors (Lipinski definition) is 3. The molecule has 0 aliphatic rings. The molecule has 24 heavy (non-hydrogen) atoms. The normalized spacial score (nSPS) is 11.8. The molecule has 0 aliphatic carbocycles. The molecule has 1 aromatic heterocycles. The zero-order chi connectivity index (χ0) is 17.7. The number of carbonyl (C=O) groups excluding carboxylic acids is 1. The lowest BCUT2D eigenvalue weighted by Crippen LogP contribution is -2.38. The predicted octanol–water partition coefficient (Wildman–Crippen LogP) is 1.66. The number of urea groups is 1. The van der Waals surface area contributed by atoms with Gasteiger partial charge in [-0.15, -0.1) is 0 Å². The highest BCUT2D eigenvalue weighted by atomic mass is 19.1. The topological polar surface area (TPSA) is 94.2 Å². The third-order valence-electron chi connectivity index (χ3n) is 3.63. The second-order valence-corrected chi connectivity index (χ2v) is 5.57. The van der Waals surface area contributed by atoms with Gasteiger partial charge in [0.1, 0.15) is 5.82 Å². The molecule has 0 spiro atoms. The zero-order valence-electron chi connectivity index (χ0n) is 13.5. The van der Waals surface area contributed by atoms with Crippen LogP contribution in [0.15, 0.2) is 35.1 Å². The Morgan fingerprint density at radius 3 is 2.54 bits per heavy atom. The highest BCUT2D eigenvalue weighted by Gasteiger charge is 2.11. The van der Waals surface area contributed by atoms with Gasteiger partial charge in [0.2, 0.25) is 0 Å². The molecule has 4 N–H and O–H groups in total. The van der Waals surface area contributed by atoms with Crippen molar-refractivity contribution in [3.8, 4) is 0 Å². The largest absolute Gasteiger partial charge is 0.387 e. The molecule has 0 aliphatic heterocycles. The quantitative estimate of drug-likeness (QED) is 0.670. The second kappa shape index (κ2) is 7.74. The number of hydrogen-bond donors (Lipinski definition) is 4. The summed E-state index contributed by atoms with van der Waals surface area (Å²) in [6.45, 7) is 3.64. The van der Waals surface area contributed by atoms with Crippen LogP contribution >= 0.6 is 0 Å². The van der Waals surface area contributed by atoms with E-state index in [9.17, 15) is 19.1 Å². The molecule has 2 aromatic rings. The van der Waals surface area contributed by atoms with Crippen LogP contribution in [0.25, 0.3) is 0 Å². The fourth-order valence-corrected chi connectivity index (χ4v) is 2.32. The standard InChI is InChI=1S/C17H20FN3O3/c1-10-7-11(2)21-16(23)14(10)8-19-17(24)20-9-15(22)12-3-5-13(18)6-4-12/h3-7,15,22H,8-9H2,1-2H3,(H,21,23)(H2,19,20,24). The van der Waals surface area contributed by atoms with E-state index in [4.69, 9.17) is 0 Å². The minimum atomic E-state index is -0.944. The molecule has 7 heteroatoms. The second-order valence-electron chi connectivity index (χ2n) is 5.57. The lowest BCUT2D eigenvalue weighted by Gasteiger charge is -2.13. The number of carbonyl (C=O) groups is 1. The third kappa shape index (κ3) is 4.66. The number of amides is 2. The van der Waals surface area contributed by atoms with Crippen molar-refractivity contribution in [3.05, 3.63) is 68.9 Å². The van der Waals surface area contributed by atoms with E-state index in [0.29, 0.717) is 11.1 Å². The minimum Gasteiger partial charge on any atom is -0.387 e. The summed E-state index contributed by atoms with van der Waals surface area (Å²) >= 11 is 0. The van der Waals surface area contributed by atoms with Gasteiger partial charge in [-0.05, 0) is 43.2 Å². The molecule has 0 saturated carbocycles. The van der Waals surface area contributed by atoms with Crippen molar-refractivity contribution < 1.29 is 14.3 Å². The van der Waals surface area contributed by atoms with E-state index < -0.39 is 18.0 Å². The Morgan fingerprint density at radius 2 is 1.92 bits per heavy atom. The molecule has 2 amide bonds. The maximum atomic E-state index is 12.8. The maximum absolute atomic E-state index is 12.8. The first-order chi connectivity index (χ1) is 11.4. The van der Waals surface area contributed by atoms with Gasteiger partial charge in [-0.25, -0.2) is 9.18 Å². The summed E-state index contributed by atoms with van der Waals surface area (Å²) in [5.41, 5.74) is 2.30. The molecule has 0 saturated heterocycles. The fraction of sp³-hybridized carbons (Fsp3) is 0.294. The van der Waals surface area contributed by atoms with Gasteiger partial charge in [0, 0.05) is 17.8 Å². The summed E-state index contributed by atoms with van der Waals surface area (Å²) in [7, 11) is 0. The Bertz CT molecular complexity index is 772. The first-order valence-electron chi connectivity index (χ1n) is 7.51. The van der Waals surface area contributed by atoms with Crippen molar-refractivity contribution in [2.45, 2.75) is 26.5 Å². The molecule has 0 fully saturated rings. The van der Waals surface area contributed by atoms with E-state index in [1.54, 1.807) is 13.8 Å². The lowest BCUT2D eigenvalue weighted by atomic mass is 10.1. The van der Waals surface area contributed by atoms with Crippen molar-refractivity contribution in [1.29, 1.82) is 0 Å². The molecule has 1 aromatic carbocycles. The summed E-state index contributed by atoms with van der Waals surface area (Å²) in [5, 5.41) is 15.0. The van der Waals surface area contributed by atoms with Crippen LogP contribution in [-0.2, 0) is 6.54 Å². The van der Waals surface area contributed by atoms with Crippen LogP contribution < -0.4 is 16.2 Å². The van der Waals surface area contributed by atoms with Crippen molar-refractivity contribution in [2.24, 2.45) is 0 Å². The average molecular weight is 333 g/mol. The number of aliphatic hydroxyl groups excluding tert-OH is 1. The molecule has 6 nitrogen and oxygen atoms in total. The van der Waals surface area contributed by atoms with Crippen molar-refractivity contribution in [3.63, 3.8) is 0 Å². The first kappa shape index (κ1) is 17.7. The van der Waals surface area contributed by atoms with E-state index in [2.05, 4.69) is 15.6 Å². The highest BCUT2D eigenvalue weighted by Crippen LogP contribution is 2.12. The summed E-state index contributed by atoms with van der Waals surface area (Å²) in [5.74, 6) is -0.393. The van der Waals surface area contributed by atoms with Crippen molar-refractivity contribution in [2.75, 3.05) is 6.54 Å². The van der Waals surface area contributed by atoms with Gasteiger partial charge < -0.3 is 20.7 Å². The van der Waals surface area contributed by atoms with Gasteiger partial charge in [-0.2, -0.15) is 0 Å². The average Bonchev–Trinajstić information content (AvgIpc) is 2.52. The van der Waals surface area contributed by atoms with Crippen LogP contribution in [0.2, 0.25) is 0 Å². The maximum Gasteiger partial charge on any atom is 0.315 e. The number of aryl methyl sites for hydroxylation is 2. The van der Waals surface area contributed by atoms with Crippen LogP contribution in [0.4, 0.5) is 9.18 Å². The number of aliphatic hydroxyl groups is 1. The van der Waals surface area contributed by atoms with Gasteiger partial charge in [-0.1, -0.05) is 12.1 Å². The molecule has 1 heterocycles. The van der Waals surface area contributed by atoms with Gasteiger partial charge in [0.05, 0.1) is 12.6 Å². The summed E-state index contributed by atoms with van der Waals surface area (Å²) in [6, 6.07) is 6.71. The van der Waals surface area contributed by atoms with Crippen LogP contribution in [0, 0.1) is 19.7 Å². The SMILES string of the molecule is Cc1cc(C)c(CNC(=O)NCC(O)c2ccc(F)cc2)c(=O)[nH]1. The Balaban J connectivity index is 1.86. The van der Waals surface area contributed by atoms with Crippen LogP contribution in [0.1, 0.15) is 28.5 Å². The first-order valence-corrected chi connectivity index (χ1v) is 7.51. The minimum absolute atomic E-state index is 0.0271. The van der Waals surface area contributed by atoms with Crippen LogP contribution in [-0.4, -0.2) is 22.7 Å². The molecular formula is C17H20FN3O3. The van der Waals surface area contributed by atoms with E-state index in [0.717, 1.165) is 11.3 Å². The summed E-state index contributed by atoms with van der Waals surface area (Å²) in [4.78, 5) is 26.3. The molecule has 1 unspecified atom stereocenters. The fourth-order valence-electron chi connectivity index (χ4n) is 2.32. The van der Waals surface area contributed by atoms with Crippen molar-refractivity contribution >= 4 is 6.03 Å². The van der Waals surface area contributed by atoms with E-state index >= 15 is 0 Å². The lowest BCUT2D eigenvalue weighted by molar-refractivity contribution is 0.173. The molecule has 0 bridgehead atoms. The van der Waals surface area contributed by atoms with Crippen LogP contribution in [0.3, 0.4) is 0 Å².